The van der Waals surface area contributed by atoms with Gasteiger partial charge in [0.05, 0.1) is 28.9 Å². The summed E-state index contributed by atoms with van der Waals surface area (Å²) >= 11 is 0. The van der Waals surface area contributed by atoms with E-state index in [1.807, 2.05) is 109 Å². The third kappa shape index (κ3) is 6.64. The zero-order chi connectivity index (χ0) is 55.2. The lowest BCUT2D eigenvalue weighted by atomic mass is 9.68. The van der Waals surface area contributed by atoms with E-state index in [2.05, 4.69) is 84.9 Å². The third-order valence-corrected chi connectivity index (χ3v) is 12.6. The van der Waals surface area contributed by atoms with Gasteiger partial charge >= 0.3 is 0 Å². The smallest absolute Gasteiger partial charge is 0.0714 e. The van der Waals surface area contributed by atoms with Gasteiger partial charge in [-0.3, -0.25) is 0 Å². The summed E-state index contributed by atoms with van der Waals surface area (Å²) in [6.45, 7) is 0. The Bertz CT molecular complexity index is 4160. The van der Waals surface area contributed by atoms with Gasteiger partial charge < -0.3 is 4.90 Å². The minimum Gasteiger partial charge on any atom is -0.310 e. The van der Waals surface area contributed by atoms with Crippen LogP contribution in [-0.2, 0) is 5.41 Å². The molecule has 66 heavy (non-hydrogen) atoms. The normalized spacial score (nSPS) is 15.1. The number of anilines is 3. The highest BCUT2D eigenvalue weighted by molar-refractivity contribution is 5.99. The molecule has 0 bridgehead atoms. The number of hydrogen-bond acceptors (Lipinski definition) is 1. The second-order valence-corrected chi connectivity index (χ2v) is 16.2. The van der Waals surface area contributed by atoms with E-state index in [-0.39, 0.29) is 5.69 Å². The molecule has 0 aliphatic heterocycles. The van der Waals surface area contributed by atoms with E-state index in [4.69, 9.17) is 9.60 Å². The summed E-state index contributed by atoms with van der Waals surface area (Å²) < 4.78 is 118. The van der Waals surface area contributed by atoms with Gasteiger partial charge in [0.2, 0.25) is 0 Å². The lowest BCUT2D eigenvalue weighted by molar-refractivity contribution is 0.768. The summed E-state index contributed by atoms with van der Waals surface area (Å²) in [5.41, 5.74) is 7.51. The van der Waals surface area contributed by atoms with E-state index >= 15 is 0 Å². The van der Waals surface area contributed by atoms with Crippen molar-refractivity contribution in [2.45, 2.75) is 5.41 Å². The highest BCUT2D eigenvalue weighted by atomic mass is 15.1. The maximum atomic E-state index is 9.97. The molecule has 0 heterocycles. The molecule has 12 rings (SSSR count). The molecule has 0 fully saturated rings. The topological polar surface area (TPSA) is 3.24 Å². The van der Waals surface area contributed by atoms with E-state index in [1.54, 1.807) is 4.90 Å². The van der Waals surface area contributed by atoms with Gasteiger partial charge in [0, 0.05) is 16.9 Å². The minimum absolute atomic E-state index is 0.140. The average Bonchev–Trinajstić information content (AvgIpc) is 3.63. The maximum absolute atomic E-state index is 9.97. The van der Waals surface area contributed by atoms with Crippen LogP contribution in [0.3, 0.4) is 0 Å². The van der Waals surface area contributed by atoms with Gasteiger partial charge in [0.25, 0.3) is 0 Å². The quantitative estimate of drug-likeness (QED) is 0.140. The summed E-state index contributed by atoms with van der Waals surface area (Å²) in [7, 11) is 0. The van der Waals surface area contributed by atoms with Crippen LogP contribution in [0, 0.1) is 0 Å². The summed E-state index contributed by atoms with van der Waals surface area (Å²) in [5, 5.41) is 2.26. The number of benzene rings is 11. The number of rotatable bonds is 9. The molecule has 0 saturated carbocycles. The highest BCUT2D eigenvalue weighted by Gasteiger charge is 2.47. The van der Waals surface area contributed by atoms with E-state index in [0.29, 0.717) is 11.4 Å². The lowest BCUT2D eigenvalue weighted by Crippen LogP contribution is -2.28. The zero-order valence-corrected chi connectivity index (χ0v) is 35.4. The van der Waals surface area contributed by atoms with Crippen LogP contribution in [0.4, 0.5) is 17.1 Å². The van der Waals surface area contributed by atoms with Gasteiger partial charge in [-0.15, -0.1) is 0 Å². The first-order valence-corrected chi connectivity index (χ1v) is 21.8. The van der Waals surface area contributed by atoms with Crippen LogP contribution < -0.4 is 4.90 Å². The van der Waals surface area contributed by atoms with E-state index in [0.717, 1.165) is 66.4 Å². The fourth-order valence-corrected chi connectivity index (χ4v) is 9.68. The molecule has 0 aromatic heterocycles. The van der Waals surface area contributed by atoms with Gasteiger partial charge in [-0.05, 0) is 119 Å². The standard InChI is InChI=1S/C65H45N/c1-4-17-46(18-5-1)47-33-35-48(36-34-47)49-37-41-56(42-38-49)66(57-43-39-50(40-44-57)52-21-14-22-53(45-52)59-29-15-20-51-19-10-11-27-58(51)59)63-32-16-31-62-64(63)60-28-12-13-30-61(60)65(62,54-23-6-2-7-24-54)55-25-8-3-9-26-55/h1-45H/i1D,4D,5D,17D,18D,33D,34D,35D,36D,37D,38D,41D,42D. The van der Waals surface area contributed by atoms with Gasteiger partial charge in [0.1, 0.15) is 0 Å². The molecular weight excluding hydrogens is 795 g/mol. The molecule has 0 spiro atoms. The Labute approximate surface area is 405 Å². The van der Waals surface area contributed by atoms with Crippen molar-refractivity contribution in [2.75, 3.05) is 4.90 Å². The fraction of sp³-hybridized carbons (Fsp3) is 0.0154. The minimum atomic E-state index is -0.841. The summed E-state index contributed by atoms with van der Waals surface area (Å²) in [5.74, 6) is 0. The van der Waals surface area contributed by atoms with Crippen LogP contribution in [0.1, 0.15) is 40.1 Å². The Balaban J connectivity index is 1.09. The molecule has 1 nitrogen and oxygen atoms in total. The molecule has 0 atom stereocenters. The van der Waals surface area contributed by atoms with Crippen LogP contribution in [0.25, 0.3) is 66.4 Å². The van der Waals surface area contributed by atoms with Gasteiger partial charge in [-0.25, -0.2) is 0 Å². The SMILES string of the molecule is [2H]c1c([2H])c([2H])c(-c2c([2H])c([2H])c(-c3c([2H])c([2H])c(N(c4ccc(-c5cccc(-c6cccc7ccccc67)c5)cc4)c4cccc5c4-c4ccccc4C5(c4ccccc4)c4ccccc4)c([2H])c3[2H])c([2H])c2[2H])c([2H])c1[2H]. The third-order valence-electron chi connectivity index (χ3n) is 12.6. The van der Waals surface area contributed by atoms with Crippen LogP contribution >= 0.6 is 0 Å². The Kier molecular flexibility index (Phi) is 6.93. The predicted molar refractivity (Wildman–Crippen MR) is 278 cm³/mol. The summed E-state index contributed by atoms with van der Waals surface area (Å²) in [4.78, 5) is 1.74. The van der Waals surface area contributed by atoms with Crippen molar-refractivity contribution in [3.8, 4) is 55.6 Å². The second-order valence-electron chi connectivity index (χ2n) is 16.2. The molecule has 310 valence electrons. The first-order chi connectivity index (χ1) is 38.2. The zero-order valence-electron chi connectivity index (χ0n) is 48.4. The molecule has 1 heteroatoms. The Morgan fingerprint density at radius 1 is 0.333 bits per heavy atom. The first kappa shape index (κ1) is 27.6. The van der Waals surface area contributed by atoms with Crippen LogP contribution in [0.5, 0.6) is 0 Å². The molecule has 0 N–H and O–H groups in total. The lowest BCUT2D eigenvalue weighted by Gasteiger charge is -2.34. The second kappa shape index (κ2) is 16.6. The first-order valence-electron chi connectivity index (χ1n) is 28.3. The van der Waals surface area contributed by atoms with E-state index in [1.165, 1.54) is 0 Å². The molecule has 0 unspecified atom stereocenters. The molecule has 0 saturated heterocycles. The van der Waals surface area contributed by atoms with Crippen molar-refractivity contribution in [3.05, 3.63) is 295 Å². The van der Waals surface area contributed by atoms with Crippen molar-refractivity contribution in [1.82, 2.24) is 0 Å². The van der Waals surface area contributed by atoms with Crippen LogP contribution in [0.2, 0.25) is 0 Å². The van der Waals surface area contributed by atoms with Gasteiger partial charge in [0.15, 0.2) is 0 Å². The molecular formula is C65H45N. The monoisotopic (exact) mass is 852 g/mol. The Morgan fingerprint density at radius 3 is 1.58 bits per heavy atom. The number of nitrogens with zero attached hydrogens (tertiary/aromatic N) is 1. The molecule has 1 aliphatic rings. The molecule has 0 radical (unpaired) electrons. The molecule has 11 aromatic rings. The van der Waals surface area contributed by atoms with E-state index in [9.17, 15) is 8.22 Å². The van der Waals surface area contributed by atoms with Crippen LogP contribution in [-0.4, -0.2) is 0 Å². The largest absolute Gasteiger partial charge is 0.310 e. The molecule has 1 aliphatic carbocycles. The van der Waals surface area contributed by atoms with Crippen molar-refractivity contribution < 1.29 is 17.8 Å². The fourth-order valence-electron chi connectivity index (χ4n) is 9.68. The Hall–Kier alpha value is -8.52. The maximum Gasteiger partial charge on any atom is 0.0714 e. The number of hydrogen-bond donors (Lipinski definition) is 0. The Morgan fingerprint density at radius 2 is 0.864 bits per heavy atom. The summed E-state index contributed by atoms with van der Waals surface area (Å²) in [6.07, 6.45) is 0. The van der Waals surface area contributed by atoms with Crippen molar-refractivity contribution >= 4 is 27.8 Å². The van der Waals surface area contributed by atoms with Gasteiger partial charge in [-0.1, -0.05) is 236 Å². The van der Waals surface area contributed by atoms with Crippen molar-refractivity contribution in [2.24, 2.45) is 0 Å². The predicted octanol–water partition coefficient (Wildman–Crippen LogP) is 17.3. The van der Waals surface area contributed by atoms with Crippen molar-refractivity contribution in [3.63, 3.8) is 0 Å². The number of fused-ring (bicyclic) bond motifs is 4. The summed E-state index contributed by atoms with van der Waals surface area (Å²) in [6, 6.07) is 56.1. The van der Waals surface area contributed by atoms with E-state index < -0.39 is 106 Å². The molecule has 0 amide bonds. The van der Waals surface area contributed by atoms with Crippen LogP contribution in [0.15, 0.2) is 273 Å². The van der Waals surface area contributed by atoms with Crippen molar-refractivity contribution in [1.29, 1.82) is 0 Å². The molecule has 11 aromatic carbocycles. The van der Waals surface area contributed by atoms with Gasteiger partial charge in [-0.2, -0.15) is 0 Å². The highest BCUT2D eigenvalue weighted by Crippen LogP contribution is 2.59. The average molecular weight is 853 g/mol.